The van der Waals surface area contributed by atoms with Crippen molar-refractivity contribution in [3.63, 3.8) is 0 Å². The van der Waals surface area contributed by atoms with E-state index < -0.39 is 0 Å². The van der Waals surface area contributed by atoms with Gasteiger partial charge in [-0.05, 0) is 49.6 Å². The zero-order chi connectivity index (χ0) is 20.2. The Kier molecular flexibility index (Phi) is 5.60. The first-order valence-corrected chi connectivity index (χ1v) is 10.0. The van der Waals surface area contributed by atoms with E-state index in [0.717, 1.165) is 48.0 Å². The van der Waals surface area contributed by atoms with E-state index in [1.807, 2.05) is 59.0 Å². The van der Waals surface area contributed by atoms with Crippen LogP contribution in [0.5, 0.6) is 5.75 Å². The van der Waals surface area contributed by atoms with Gasteiger partial charge in [0, 0.05) is 37.1 Å². The lowest BCUT2D eigenvalue weighted by Crippen LogP contribution is -2.40. The first-order valence-electron chi connectivity index (χ1n) is 10.0. The number of hydrogen-bond acceptors (Lipinski definition) is 4. The van der Waals surface area contributed by atoms with Crippen LogP contribution in [0.25, 0.3) is 5.82 Å². The second-order valence-corrected chi connectivity index (χ2v) is 7.47. The Morgan fingerprint density at radius 3 is 2.76 bits per heavy atom. The van der Waals surface area contributed by atoms with Crippen molar-refractivity contribution in [2.24, 2.45) is 0 Å². The molecule has 1 fully saturated rings. The number of likely N-dealkylation sites (tertiary alicyclic amines) is 1. The molecule has 0 saturated carbocycles. The van der Waals surface area contributed by atoms with E-state index in [1.54, 1.807) is 13.3 Å². The number of piperidine rings is 1. The van der Waals surface area contributed by atoms with Crippen LogP contribution in [0.1, 0.15) is 35.8 Å². The summed E-state index contributed by atoms with van der Waals surface area (Å²) in [7, 11) is 1.64. The van der Waals surface area contributed by atoms with Gasteiger partial charge in [-0.15, -0.1) is 0 Å². The molecule has 6 heteroatoms. The molecule has 1 amide bonds. The molecule has 150 valence electrons. The molecule has 0 bridgehead atoms. The van der Waals surface area contributed by atoms with Crippen LogP contribution in [0.4, 0.5) is 0 Å². The molecule has 2 aromatic heterocycles. The molecule has 1 aliphatic rings. The Balaban J connectivity index is 1.45. The van der Waals surface area contributed by atoms with Gasteiger partial charge in [-0.2, -0.15) is 0 Å². The Morgan fingerprint density at radius 2 is 2.03 bits per heavy atom. The van der Waals surface area contributed by atoms with Gasteiger partial charge < -0.3 is 9.64 Å². The highest BCUT2D eigenvalue weighted by Gasteiger charge is 2.26. The zero-order valence-corrected chi connectivity index (χ0v) is 16.9. The third kappa shape index (κ3) is 4.31. The number of benzene rings is 1. The molecule has 1 atom stereocenters. The van der Waals surface area contributed by atoms with Gasteiger partial charge in [0.15, 0.2) is 0 Å². The number of imidazole rings is 1. The number of aryl methyl sites for hydroxylation is 1. The minimum absolute atomic E-state index is 0.168. The van der Waals surface area contributed by atoms with E-state index in [0.29, 0.717) is 13.0 Å². The van der Waals surface area contributed by atoms with Gasteiger partial charge in [0.05, 0.1) is 13.5 Å². The SMILES string of the molecule is COc1ccc(CC(=O)N2CCCC(c3cccc(-n4ccnc4C)n3)C2)cc1. The number of amides is 1. The third-order valence-corrected chi connectivity index (χ3v) is 5.54. The van der Waals surface area contributed by atoms with Crippen molar-refractivity contribution < 1.29 is 9.53 Å². The molecule has 0 aliphatic carbocycles. The number of carbonyl (C=O) groups excluding carboxylic acids is 1. The molecule has 0 spiro atoms. The first kappa shape index (κ1) is 19.2. The highest BCUT2D eigenvalue weighted by atomic mass is 16.5. The highest BCUT2D eigenvalue weighted by Crippen LogP contribution is 2.27. The van der Waals surface area contributed by atoms with Crippen molar-refractivity contribution in [1.29, 1.82) is 0 Å². The lowest BCUT2D eigenvalue weighted by molar-refractivity contribution is -0.131. The zero-order valence-electron chi connectivity index (χ0n) is 16.9. The van der Waals surface area contributed by atoms with Gasteiger partial charge in [0.2, 0.25) is 5.91 Å². The maximum absolute atomic E-state index is 12.9. The number of methoxy groups -OCH3 is 1. The number of pyridine rings is 1. The van der Waals surface area contributed by atoms with Crippen molar-refractivity contribution in [3.8, 4) is 11.6 Å². The molecule has 3 heterocycles. The van der Waals surface area contributed by atoms with Crippen molar-refractivity contribution >= 4 is 5.91 Å². The molecular formula is C23H26N4O2. The quantitative estimate of drug-likeness (QED) is 0.669. The van der Waals surface area contributed by atoms with Gasteiger partial charge in [0.25, 0.3) is 0 Å². The predicted octanol–water partition coefficient (Wildman–Crippen LogP) is 3.53. The Labute approximate surface area is 171 Å². The van der Waals surface area contributed by atoms with Crippen LogP contribution in [0, 0.1) is 6.92 Å². The summed E-state index contributed by atoms with van der Waals surface area (Å²) < 4.78 is 7.17. The van der Waals surface area contributed by atoms with E-state index in [2.05, 4.69) is 11.1 Å². The largest absolute Gasteiger partial charge is 0.497 e. The number of rotatable bonds is 5. The number of ether oxygens (including phenoxy) is 1. The third-order valence-electron chi connectivity index (χ3n) is 5.54. The standard InChI is InChI=1S/C23H26N4O2/c1-17-24-12-14-27(17)22-7-3-6-21(25-22)19-5-4-13-26(16-19)23(28)15-18-8-10-20(29-2)11-9-18/h3,6-12,14,19H,4-5,13,15-16H2,1-2H3. The smallest absolute Gasteiger partial charge is 0.227 e. The van der Waals surface area contributed by atoms with E-state index in [4.69, 9.17) is 9.72 Å². The van der Waals surface area contributed by atoms with E-state index in [1.165, 1.54) is 0 Å². The fourth-order valence-corrected chi connectivity index (χ4v) is 3.90. The summed E-state index contributed by atoms with van der Waals surface area (Å²) in [6, 6.07) is 13.8. The average molecular weight is 390 g/mol. The number of nitrogens with zero attached hydrogens (tertiary/aromatic N) is 4. The van der Waals surface area contributed by atoms with Crippen molar-refractivity contribution in [2.45, 2.75) is 32.1 Å². The highest BCUT2D eigenvalue weighted by molar-refractivity contribution is 5.79. The summed E-state index contributed by atoms with van der Waals surface area (Å²) in [5.41, 5.74) is 2.05. The van der Waals surface area contributed by atoms with Crippen LogP contribution in [-0.4, -0.2) is 45.5 Å². The summed E-state index contributed by atoms with van der Waals surface area (Å²) >= 11 is 0. The minimum Gasteiger partial charge on any atom is -0.497 e. The maximum Gasteiger partial charge on any atom is 0.227 e. The van der Waals surface area contributed by atoms with Gasteiger partial charge in [-0.3, -0.25) is 9.36 Å². The van der Waals surface area contributed by atoms with Gasteiger partial charge in [0.1, 0.15) is 17.4 Å². The van der Waals surface area contributed by atoms with Crippen molar-refractivity contribution in [3.05, 3.63) is 71.9 Å². The molecule has 4 rings (SSSR count). The Bertz CT molecular complexity index is 981. The molecule has 6 nitrogen and oxygen atoms in total. The molecule has 1 unspecified atom stereocenters. The predicted molar refractivity (Wildman–Crippen MR) is 111 cm³/mol. The summed E-state index contributed by atoms with van der Waals surface area (Å²) in [5.74, 6) is 3.01. The lowest BCUT2D eigenvalue weighted by atomic mass is 9.93. The van der Waals surface area contributed by atoms with Crippen LogP contribution in [0.3, 0.4) is 0 Å². The molecule has 1 aliphatic heterocycles. The fraction of sp³-hybridized carbons (Fsp3) is 0.348. The van der Waals surface area contributed by atoms with Gasteiger partial charge >= 0.3 is 0 Å². The van der Waals surface area contributed by atoms with Crippen LogP contribution in [0.15, 0.2) is 54.9 Å². The van der Waals surface area contributed by atoms with E-state index in [9.17, 15) is 4.79 Å². The minimum atomic E-state index is 0.168. The van der Waals surface area contributed by atoms with Crippen LogP contribution in [-0.2, 0) is 11.2 Å². The number of hydrogen-bond donors (Lipinski definition) is 0. The van der Waals surface area contributed by atoms with Crippen LogP contribution in [0.2, 0.25) is 0 Å². The topological polar surface area (TPSA) is 60.2 Å². The first-order chi connectivity index (χ1) is 14.1. The Hall–Kier alpha value is -3.15. The monoisotopic (exact) mass is 390 g/mol. The second kappa shape index (κ2) is 8.47. The summed E-state index contributed by atoms with van der Waals surface area (Å²) in [5, 5.41) is 0. The Morgan fingerprint density at radius 1 is 1.21 bits per heavy atom. The summed E-state index contributed by atoms with van der Waals surface area (Å²) in [6.45, 7) is 3.49. The van der Waals surface area contributed by atoms with E-state index in [-0.39, 0.29) is 11.8 Å². The van der Waals surface area contributed by atoms with Crippen LogP contribution < -0.4 is 4.74 Å². The molecule has 29 heavy (non-hydrogen) atoms. The molecule has 3 aromatic rings. The second-order valence-electron chi connectivity index (χ2n) is 7.47. The van der Waals surface area contributed by atoms with Crippen LogP contribution >= 0.6 is 0 Å². The molecule has 0 N–H and O–H groups in total. The van der Waals surface area contributed by atoms with Crippen molar-refractivity contribution in [1.82, 2.24) is 19.4 Å². The van der Waals surface area contributed by atoms with Gasteiger partial charge in [-0.1, -0.05) is 18.2 Å². The molecule has 1 saturated heterocycles. The number of carbonyl (C=O) groups is 1. The molecule has 0 radical (unpaired) electrons. The summed E-state index contributed by atoms with van der Waals surface area (Å²) in [6.07, 6.45) is 6.16. The lowest BCUT2D eigenvalue weighted by Gasteiger charge is -2.32. The van der Waals surface area contributed by atoms with Crippen molar-refractivity contribution in [2.75, 3.05) is 20.2 Å². The molecular weight excluding hydrogens is 364 g/mol. The van der Waals surface area contributed by atoms with Gasteiger partial charge in [-0.25, -0.2) is 9.97 Å². The summed E-state index contributed by atoms with van der Waals surface area (Å²) in [4.78, 5) is 24.0. The normalized spacial score (nSPS) is 16.6. The maximum atomic E-state index is 12.9. The fourth-order valence-electron chi connectivity index (χ4n) is 3.90. The van der Waals surface area contributed by atoms with E-state index >= 15 is 0 Å². The molecule has 1 aromatic carbocycles. The number of aromatic nitrogens is 3. The average Bonchev–Trinajstić information content (AvgIpc) is 3.20.